The highest BCUT2D eigenvalue weighted by Gasteiger charge is 2.35. The van der Waals surface area contributed by atoms with E-state index in [9.17, 15) is 9.59 Å². The van der Waals surface area contributed by atoms with Crippen molar-refractivity contribution in [1.29, 1.82) is 0 Å². The lowest BCUT2D eigenvalue weighted by Crippen LogP contribution is -2.34. The number of thioether (sulfide) groups is 1. The molecular formula is C7H12O4S. The van der Waals surface area contributed by atoms with Crippen molar-refractivity contribution in [1.82, 2.24) is 0 Å². The molecule has 70 valence electrons. The first-order valence-electron chi connectivity index (χ1n) is 3.51. The molecule has 0 spiro atoms. The Morgan fingerprint density at radius 3 is 2.17 bits per heavy atom. The number of rotatable bonds is 5. The summed E-state index contributed by atoms with van der Waals surface area (Å²) < 4.78 is -1.19. The van der Waals surface area contributed by atoms with E-state index < -0.39 is 16.7 Å². The zero-order valence-corrected chi connectivity index (χ0v) is 7.85. The third-order valence-electron chi connectivity index (χ3n) is 1.40. The van der Waals surface area contributed by atoms with Crippen molar-refractivity contribution < 1.29 is 19.8 Å². The Kier molecular flexibility index (Phi) is 4.09. The molecule has 0 aromatic carbocycles. The molecule has 0 aliphatic carbocycles. The van der Waals surface area contributed by atoms with Gasteiger partial charge >= 0.3 is 11.9 Å². The zero-order chi connectivity index (χ0) is 9.78. The van der Waals surface area contributed by atoms with Crippen LogP contribution < -0.4 is 0 Å². The Morgan fingerprint density at radius 1 is 1.42 bits per heavy atom. The lowest BCUT2D eigenvalue weighted by atomic mass is 10.1. The standard InChI is InChI=1S/C7H12O4S/c1-3-12-7(2,6(10)11)4-5(8)9/h3-4H2,1-2H3,(H,8,9)(H,10,11). The van der Waals surface area contributed by atoms with E-state index in [0.717, 1.165) is 11.8 Å². The molecule has 0 aromatic heterocycles. The molecule has 5 heteroatoms. The Hall–Kier alpha value is -0.710. The summed E-state index contributed by atoms with van der Waals surface area (Å²) in [6.45, 7) is 3.23. The quantitative estimate of drug-likeness (QED) is 0.681. The van der Waals surface area contributed by atoms with Crippen molar-refractivity contribution >= 4 is 23.7 Å². The van der Waals surface area contributed by atoms with Crippen LogP contribution in [0.5, 0.6) is 0 Å². The van der Waals surface area contributed by atoms with E-state index >= 15 is 0 Å². The van der Waals surface area contributed by atoms with Gasteiger partial charge in [0.25, 0.3) is 0 Å². The first-order chi connectivity index (χ1) is 5.42. The lowest BCUT2D eigenvalue weighted by molar-refractivity contribution is -0.145. The van der Waals surface area contributed by atoms with Crippen LogP contribution in [0.4, 0.5) is 0 Å². The lowest BCUT2D eigenvalue weighted by Gasteiger charge is -2.20. The van der Waals surface area contributed by atoms with Crippen molar-refractivity contribution in [3.8, 4) is 0 Å². The molecule has 0 aliphatic heterocycles. The second-order valence-corrected chi connectivity index (χ2v) is 4.31. The van der Waals surface area contributed by atoms with Gasteiger partial charge in [-0.2, -0.15) is 0 Å². The van der Waals surface area contributed by atoms with Crippen LogP contribution in [0.15, 0.2) is 0 Å². The predicted molar refractivity (Wildman–Crippen MR) is 46.4 cm³/mol. The fourth-order valence-corrected chi connectivity index (χ4v) is 1.78. The summed E-state index contributed by atoms with van der Waals surface area (Å²) in [4.78, 5) is 21.0. The maximum absolute atomic E-state index is 10.7. The fraction of sp³-hybridized carbons (Fsp3) is 0.714. The Morgan fingerprint density at radius 2 is 1.92 bits per heavy atom. The largest absolute Gasteiger partial charge is 0.481 e. The van der Waals surface area contributed by atoms with Gasteiger partial charge in [-0.25, -0.2) is 0 Å². The molecule has 0 aromatic rings. The molecule has 0 radical (unpaired) electrons. The van der Waals surface area contributed by atoms with Gasteiger partial charge in [0, 0.05) is 0 Å². The zero-order valence-electron chi connectivity index (χ0n) is 7.03. The summed E-state index contributed by atoms with van der Waals surface area (Å²) in [6, 6.07) is 0. The summed E-state index contributed by atoms with van der Waals surface area (Å²) in [5.74, 6) is -1.56. The molecular weight excluding hydrogens is 180 g/mol. The SMILES string of the molecule is CCSC(C)(CC(=O)O)C(=O)O. The van der Waals surface area contributed by atoms with E-state index in [2.05, 4.69) is 0 Å². The van der Waals surface area contributed by atoms with E-state index in [1.54, 1.807) is 6.92 Å². The molecule has 0 aliphatic rings. The number of aliphatic carboxylic acids is 2. The van der Waals surface area contributed by atoms with E-state index in [0.29, 0.717) is 5.75 Å². The van der Waals surface area contributed by atoms with E-state index in [-0.39, 0.29) is 6.42 Å². The van der Waals surface area contributed by atoms with Crippen molar-refractivity contribution in [2.24, 2.45) is 0 Å². The molecule has 1 atom stereocenters. The molecule has 0 rings (SSSR count). The molecule has 4 nitrogen and oxygen atoms in total. The van der Waals surface area contributed by atoms with E-state index in [4.69, 9.17) is 10.2 Å². The first kappa shape index (κ1) is 11.3. The van der Waals surface area contributed by atoms with Gasteiger partial charge in [-0.3, -0.25) is 9.59 Å². The smallest absolute Gasteiger partial charge is 0.320 e. The van der Waals surface area contributed by atoms with Gasteiger partial charge in [0.2, 0.25) is 0 Å². The normalized spacial score (nSPS) is 15.2. The number of carboxylic acids is 2. The van der Waals surface area contributed by atoms with Crippen LogP contribution >= 0.6 is 11.8 Å². The molecule has 0 amide bonds. The third kappa shape index (κ3) is 3.13. The minimum atomic E-state index is -1.19. The number of hydrogen-bond donors (Lipinski definition) is 2. The van der Waals surface area contributed by atoms with Gasteiger partial charge in [-0.05, 0) is 12.7 Å². The van der Waals surface area contributed by atoms with Crippen molar-refractivity contribution in [2.45, 2.75) is 25.0 Å². The minimum Gasteiger partial charge on any atom is -0.481 e. The van der Waals surface area contributed by atoms with E-state index in [1.807, 2.05) is 0 Å². The summed E-state index contributed by atoms with van der Waals surface area (Å²) in [7, 11) is 0. The predicted octanol–water partition coefficient (Wildman–Crippen LogP) is 1.06. The van der Waals surface area contributed by atoms with Gasteiger partial charge in [-0.15, -0.1) is 11.8 Å². The Bertz CT molecular complexity index is 192. The molecule has 2 N–H and O–H groups in total. The average molecular weight is 192 g/mol. The van der Waals surface area contributed by atoms with Crippen LogP contribution in [-0.4, -0.2) is 32.7 Å². The van der Waals surface area contributed by atoms with E-state index in [1.165, 1.54) is 6.92 Å². The topological polar surface area (TPSA) is 74.6 Å². The van der Waals surface area contributed by atoms with Crippen LogP contribution in [0.2, 0.25) is 0 Å². The number of carbonyl (C=O) groups is 2. The molecule has 0 bridgehead atoms. The Balaban J connectivity index is 4.38. The van der Waals surface area contributed by atoms with Crippen molar-refractivity contribution in [3.05, 3.63) is 0 Å². The molecule has 1 unspecified atom stereocenters. The number of carboxylic acid groups (broad SMARTS) is 2. The van der Waals surface area contributed by atoms with Crippen LogP contribution in [0, 0.1) is 0 Å². The summed E-state index contributed by atoms with van der Waals surface area (Å²) in [5.41, 5.74) is 0. The van der Waals surface area contributed by atoms with Crippen LogP contribution in [-0.2, 0) is 9.59 Å². The van der Waals surface area contributed by atoms with Crippen molar-refractivity contribution in [3.63, 3.8) is 0 Å². The van der Waals surface area contributed by atoms with Gasteiger partial charge in [0.1, 0.15) is 4.75 Å². The summed E-state index contributed by atoms with van der Waals surface area (Å²) in [5, 5.41) is 17.2. The molecule has 0 saturated carbocycles. The van der Waals surface area contributed by atoms with Crippen LogP contribution in [0.3, 0.4) is 0 Å². The monoisotopic (exact) mass is 192 g/mol. The molecule has 12 heavy (non-hydrogen) atoms. The summed E-state index contributed by atoms with van der Waals surface area (Å²) >= 11 is 1.13. The summed E-state index contributed by atoms with van der Waals surface area (Å²) in [6.07, 6.45) is -0.346. The highest BCUT2D eigenvalue weighted by atomic mass is 32.2. The molecule has 0 fully saturated rings. The highest BCUT2D eigenvalue weighted by Crippen LogP contribution is 2.28. The maximum Gasteiger partial charge on any atom is 0.320 e. The van der Waals surface area contributed by atoms with Gasteiger partial charge in [0.05, 0.1) is 6.42 Å². The molecule has 0 saturated heterocycles. The average Bonchev–Trinajstić information content (AvgIpc) is 1.85. The van der Waals surface area contributed by atoms with Gasteiger partial charge in [0.15, 0.2) is 0 Å². The maximum atomic E-state index is 10.7. The fourth-order valence-electron chi connectivity index (χ4n) is 0.796. The van der Waals surface area contributed by atoms with Crippen LogP contribution in [0.25, 0.3) is 0 Å². The highest BCUT2D eigenvalue weighted by molar-refractivity contribution is 8.01. The van der Waals surface area contributed by atoms with Crippen molar-refractivity contribution in [2.75, 3.05) is 5.75 Å². The Labute approximate surface area is 75.0 Å². The second-order valence-electron chi connectivity index (χ2n) is 2.54. The first-order valence-corrected chi connectivity index (χ1v) is 4.50. The number of hydrogen-bond acceptors (Lipinski definition) is 3. The minimum absolute atomic E-state index is 0.346. The molecule has 0 heterocycles. The second kappa shape index (κ2) is 4.35. The van der Waals surface area contributed by atoms with Crippen LogP contribution in [0.1, 0.15) is 20.3 Å². The van der Waals surface area contributed by atoms with Gasteiger partial charge < -0.3 is 10.2 Å². The van der Waals surface area contributed by atoms with Gasteiger partial charge in [-0.1, -0.05) is 6.92 Å². The third-order valence-corrected chi connectivity index (χ3v) is 2.65.